The highest BCUT2D eigenvalue weighted by molar-refractivity contribution is 5.26. The molecular weight excluding hydrogens is 264 g/mol. The third-order valence-electron chi connectivity index (χ3n) is 3.37. The number of hydrogen-bond donors (Lipinski definition) is 1. The zero-order chi connectivity index (χ0) is 15.1. The summed E-state index contributed by atoms with van der Waals surface area (Å²) in [5.74, 6) is 2.86. The first-order chi connectivity index (χ1) is 10.3. The maximum absolute atomic E-state index is 5.73. The molecule has 0 aliphatic carbocycles. The van der Waals surface area contributed by atoms with Crippen molar-refractivity contribution in [3.8, 4) is 5.75 Å². The minimum atomic E-state index is 0.562. The molecule has 21 heavy (non-hydrogen) atoms. The van der Waals surface area contributed by atoms with Gasteiger partial charge in [-0.2, -0.15) is 5.10 Å². The van der Waals surface area contributed by atoms with Crippen molar-refractivity contribution in [3.63, 3.8) is 0 Å². The van der Waals surface area contributed by atoms with Crippen molar-refractivity contribution >= 4 is 0 Å². The summed E-state index contributed by atoms with van der Waals surface area (Å²) in [5, 5.41) is 4.50. The predicted octanol–water partition coefficient (Wildman–Crippen LogP) is 2.33. The molecule has 0 saturated heterocycles. The molecule has 0 amide bonds. The molecule has 0 aliphatic rings. The molecule has 2 aromatic rings. The van der Waals surface area contributed by atoms with Crippen molar-refractivity contribution < 1.29 is 4.74 Å². The monoisotopic (exact) mass is 288 g/mol. The second kappa shape index (κ2) is 7.78. The Labute approximate surface area is 126 Å². The minimum Gasteiger partial charge on any atom is -0.494 e. The second-order valence-corrected chi connectivity index (χ2v) is 4.92. The Morgan fingerprint density at radius 3 is 2.52 bits per heavy atom. The van der Waals surface area contributed by atoms with Crippen LogP contribution < -0.4 is 10.5 Å². The lowest BCUT2D eigenvalue weighted by Crippen LogP contribution is -2.09. The van der Waals surface area contributed by atoms with Crippen LogP contribution in [0.4, 0.5) is 0 Å². The molecule has 114 valence electrons. The fourth-order valence-corrected chi connectivity index (χ4v) is 2.14. The fraction of sp³-hybridized carbons (Fsp3) is 0.500. The average molecular weight is 288 g/mol. The summed E-state index contributed by atoms with van der Waals surface area (Å²) in [6.07, 6.45) is 2.70. The van der Waals surface area contributed by atoms with Crippen molar-refractivity contribution in [1.29, 1.82) is 0 Å². The van der Waals surface area contributed by atoms with Crippen LogP contribution in [0.3, 0.4) is 0 Å². The van der Waals surface area contributed by atoms with Crippen LogP contribution in [0.5, 0.6) is 5.75 Å². The van der Waals surface area contributed by atoms with E-state index in [4.69, 9.17) is 10.5 Å². The Balaban J connectivity index is 1.79. The third-order valence-corrected chi connectivity index (χ3v) is 3.37. The van der Waals surface area contributed by atoms with Gasteiger partial charge in [0.1, 0.15) is 11.6 Å². The molecule has 0 saturated carbocycles. The minimum absolute atomic E-state index is 0.562. The molecule has 0 radical (unpaired) electrons. The molecule has 2 rings (SSSR count). The molecule has 0 atom stereocenters. The summed E-state index contributed by atoms with van der Waals surface area (Å²) >= 11 is 0. The van der Waals surface area contributed by atoms with Gasteiger partial charge in [-0.05, 0) is 17.7 Å². The lowest BCUT2D eigenvalue weighted by atomic mass is 10.2. The normalized spacial score (nSPS) is 10.8. The maximum atomic E-state index is 5.73. The molecule has 1 aromatic carbocycles. The van der Waals surface area contributed by atoms with E-state index in [2.05, 4.69) is 23.9 Å². The van der Waals surface area contributed by atoms with Gasteiger partial charge in [0, 0.05) is 32.4 Å². The fourth-order valence-electron chi connectivity index (χ4n) is 2.14. The number of nitrogens with zero attached hydrogens (tertiary/aromatic N) is 3. The highest BCUT2D eigenvalue weighted by Gasteiger charge is 2.06. The molecule has 0 aliphatic heterocycles. The lowest BCUT2D eigenvalue weighted by Gasteiger charge is -2.08. The molecule has 0 unspecified atom stereocenters. The largest absolute Gasteiger partial charge is 0.494 e. The number of benzene rings is 1. The van der Waals surface area contributed by atoms with E-state index in [1.165, 1.54) is 0 Å². The number of aryl methyl sites for hydroxylation is 3. The number of ether oxygens (including phenoxy) is 1. The number of aromatic nitrogens is 3. The standard InChI is InChI=1S/C16H24N4O/c1-3-15-18-16(4-2)20(19-15)10-5-11-21-14-8-6-13(12-17)7-9-14/h6-9H,3-5,10-12,17H2,1-2H3. The van der Waals surface area contributed by atoms with Gasteiger partial charge in [-0.15, -0.1) is 0 Å². The SMILES string of the molecule is CCc1nc(CC)n(CCCOc2ccc(CN)cc2)n1. The van der Waals surface area contributed by atoms with Gasteiger partial charge in [-0.1, -0.05) is 26.0 Å². The molecular formula is C16H24N4O. The average Bonchev–Trinajstić information content (AvgIpc) is 2.94. The van der Waals surface area contributed by atoms with E-state index in [0.717, 1.165) is 48.8 Å². The topological polar surface area (TPSA) is 66.0 Å². The van der Waals surface area contributed by atoms with Gasteiger partial charge < -0.3 is 10.5 Å². The van der Waals surface area contributed by atoms with E-state index < -0.39 is 0 Å². The van der Waals surface area contributed by atoms with Gasteiger partial charge in [-0.3, -0.25) is 0 Å². The molecule has 1 aromatic heterocycles. The summed E-state index contributed by atoms with van der Waals surface area (Å²) in [6, 6.07) is 7.92. The summed E-state index contributed by atoms with van der Waals surface area (Å²) in [4.78, 5) is 4.50. The van der Waals surface area contributed by atoms with Crippen molar-refractivity contribution in [2.75, 3.05) is 6.61 Å². The van der Waals surface area contributed by atoms with Crippen LogP contribution in [0.1, 0.15) is 37.5 Å². The third kappa shape index (κ3) is 4.29. The quantitative estimate of drug-likeness (QED) is 0.757. The molecule has 0 bridgehead atoms. The van der Waals surface area contributed by atoms with Crippen LogP contribution >= 0.6 is 0 Å². The number of rotatable bonds is 8. The second-order valence-electron chi connectivity index (χ2n) is 4.92. The van der Waals surface area contributed by atoms with E-state index in [-0.39, 0.29) is 0 Å². The van der Waals surface area contributed by atoms with Crippen molar-refractivity contribution in [2.45, 2.75) is 46.2 Å². The van der Waals surface area contributed by atoms with Crippen molar-refractivity contribution in [2.24, 2.45) is 5.73 Å². The Kier molecular flexibility index (Phi) is 5.75. The van der Waals surface area contributed by atoms with Gasteiger partial charge in [0.2, 0.25) is 0 Å². The number of hydrogen-bond acceptors (Lipinski definition) is 4. The highest BCUT2D eigenvalue weighted by atomic mass is 16.5. The lowest BCUT2D eigenvalue weighted by molar-refractivity contribution is 0.297. The molecule has 0 fully saturated rings. The Morgan fingerprint density at radius 2 is 1.90 bits per heavy atom. The Bertz CT molecular complexity index is 548. The Hall–Kier alpha value is -1.88. The highest BCUT2D eigenvalue weighted by Crippen LogP contribution is 2.12. The summed E-state index contributed by atoms with van der Waals surface area (Å²) in [7, 11) is 0. The summed E-state index contributed by atoms with van der Waals surface area (Å²) in [6.45, 7) is 6.26. The van der Waals surface area contributed by atoms with Crippen LogP contribution in [-0.4, -0.2) is 21.4 Å². The van der Waals surface area contributed by atoms with Gasteiger partial charge in [0.25, 0.3) is 0 Å². The summed E-state index contributed by atoms with van der Waals surface area (Å²) in [5.41, 5.74) is 6.69. The number of nitrogens with two attached hydrogens (primary N) is 1. The van der Waals surface area contributed by atoms with Gasteiger partial charge in [0.15, 0.2) is 5.82 Å². The van der Waals surface area contributed by atoms with Crippen LogP contribution in [0.2, 0.25) is 0 Å². The first-order valence-electron chi connectivity index (χ1n) is 7.61. The molecule has 1 heterocycles. The molecule has 5 nitrogen and oxygen atoms in total. The van der Waals surface area contributed by atoms with E-state index in [1.807, 2.05) is 28.9 Å². The van der Waals surface area contributed by atoms with Gasteiger partial charge >= 0.3 is 0 Å². The van der Waals surface area contributed by atoms with Crippen LogP contribution in [-0.2, 0) is 25.9 Å². The van der Waals surface area contributed by atoms with Crippen molar-refractivity contribution in [1.82, 2.24) is 14.8 Å². The van der Waals surface area contributed by atoms with E-state index in [0.29, 0.717) is 13.2 Å². The first-order valence-corrected chi connectivity index (χ1v) is 7.61. The Morgan fingerprint density at radius 1 is 1.14 bits per heavy atom. The first kappa shape index (κ1) is 15.5. The zero-order valence-electron chi connectivity index (χ0n) is 12.9. The molecule has 0 spiro atoms. The smallest absolute Gasteiger partial charge is 0.150 e. The van der Waals surface area contributed by atoms with Crippen LogP contribution in [0.25, 0.3) is 0 Å². The van der Waals surface area contributed by atoms with E-state index in [1.54, 1.807) is 0 Å². The predicted molar refractivity (Wildman–Crippen MR) is 83.2 cm³/mol. The van der Waals surface area contributed by atoms with Crippen molar-refractivity contribution in [3.05, 3.63) is 41.5 Å². The van der Waals surface area contributed by atoms with Gasteiger partial charge in [-0.25, -0.2) is 9.67 Å². The van der Waals surface area contributed by atoms with E-state index >= 15 is 0 Å². The summed E-state index contributed by atoms with van der Waals surface area (Å²) < 4.78 is 7.73. The maximum Gasteiger partial charge on any atom is 0.150 e. The molecule has 2 N–H and O–H groups in total. The van der Waals surface area contributed by atoms with Crippen LogP contribution in [0, 0.1) is 0 Å². The molecule has 5 heteroatoms. The van der Waals surface area contributed by atoms with Crippen LogP contribution in [0.15, 0.2) is 24.3 Å². The van der Waals surface area contributed by atoms with E-state index in [9.17, 15) is 0 Å². The van der Waals surface area contributed by atoms with Gasteiger partial charge in [0.05, 0.1) is 6.61 Å². The zero-order valence-corrected chi connectivity index (χ0v) is 12.9.